The van der Waals surface area contributed by atoms with Crippen LogP contribution in [0.3, 0.4) is 0 Å². The fourth-order valence-electron chi connectivity index (χ4n) is 3.79. The number of methoxy groups -OCH3 is 1. The number of amides is 4. The van der Waals surface area contributed by atoms with Crippen molar-refractivity contribution in [3.63, 3.8) is 0 Å². The number of benzene rings is 2. The molecule has 2 aromatic rings. The first-order valence-corrected chi connectivity index (χ1v) is 10.6. The van der Waals surface area contributed by atoms with Crippen LogP contribution in [0, 0.1) is 5.82 Å². The van der Waals surface area contributed by atoms with Gasteiger partial charge in [0, 0.05) is 30.8 Å². The zero-order valence-corrected chi connectivity index (χ0v) is 18.5. The fourth-order valence-corrected chi connectivity index (χ4v) is 3.91. The van der Waals surface area contributed by atoms with Gasteiger partial charge in [0.25, 0.3) is 0 Å². The molecule has 33 heavy (non-hydrogen) atoms. The second kappa shape index (κ2) is 9.63. The third kappa shape index (κ3) is 5.01. The number of likely N-dealkylation sites (tertiary alicyclic amines) is 1. The largest absolute Gasteiger partial charge is 0.447 e. The number of halogens is 2. The molecule has 11 heteroatoms. The predicted octanol–water partition coefficient (Wildman–Crippen LogP) is 3.70. The topological polar surface area (TPSA) is 100 Å². The van der Waals surface area contributed by atoms with Gasteiger partial charge in [0.15, 0.2) is 0 Å². The summed E-state index contributed by atoms with van der Waals surface area (Å²) >= 11 is 5.87. The molecule has 4 amide bonds. The van der Waals surface area contributed by atoms with Crippen molar-refractivity contribution < 1.29 is 28.2 Å². The van der Waals surface area contributed by atoms with Crippen LogP contribution in [0.4, 0.5) is 31.0 Å². The summed E-state index contributed by atoms with van der Waals surface area (Å²) in [6.45, 7) is 0.754. The summed E-state index contributed by atoms with van der Waals surface area (Å²) in [6, 6.07) is 9.25. The quantitative estimate of drug-likeness (QED) is 0.685. The molecule has 2 aromatic carbocycles. The molecular weight excluding hydrogens is 455 g/mol. The Morgan fingerprint density at radius 3 is 2.58 bits per heavy atom. The molecule has 2 fully saturated rings. The highest BCUT2D eigenvalue weighted by Crippen LogP contribution is 2.27. The smallest absolute Gasteiger partial charge is 0.414 e. The number of ether oxygens (including phenoxy) is 2. The number of rotatable bonds is 5. The number of hydrogen-bond acceptors (Lipinski definition) is 5. The van der Waals surface area contributed by atoms with Gasteiger partial charge >= 0.3 is 12.1 Å². The Morgan fingerprint density at radius 2 is 1.94 bits per heavy atom. The van der Waals surface area contributed by atoms with Gasteiger partial charge in [0.2, 0.25) is 5.91 Å². The van der Waals surface area contributed by atoms with Gasteiger partial charge < -0.3 is 25.0 Å². The van der Waals surface area contributed by atoms with E-state index in [9.17, 15) is 18.8 Å². The van der Waals surface area contributed by atoms with Crippen LogP contribution in [-0.2, 0) is 14.3 Å². The monoisotopic (exact) mass is 476 g/mol. The Morgan fingerprint density at radius 1 is 1.18 bits per heavy atom. The summed E-state index contributed by atoms with van der Waals surface area (Å²) in [5, 5.41) is 5.80. The van der Waals surface area contributed by atoms with Crippen molar-refractivity contribution in [3.05, 3.63) is 53.3 Å². The van der Waals surface area contributed by atoms with Crippen LogP contribution in [0.5, 0.6) is 0 Å². The van der Waals surface area contributed by atoms with Crippen LogP contribution >= 0.6 is 11.6 Å². The minimum Gasteiger partial charge on any atom is -0.447 e. The zero-order valence-electron chi connectivity index (χ0n) is 17.7. The van der Waals surface area contributed by atoms with Gasteiger partial charge in [-0.15, -0.1) is 0 Å². The molecule has 2 aliphatic heterocycles. The number of nitrogens with one attached hydrogen (secondary N) is 2. The van der Waals surface area contributed by atoms with Gasteiger partial charge in [0.05, 0.1) is 24.0 Å². The molecule has 2 N–H and O–H groups in total. The molecule has 174 valence electrons. The first-order chi connectivity index (χ1) is 15.9. The number of cyclic esters (lactones) is 1. The average molecular weight is 477 g/mol. The summed E-state index contributed by atoms with van der Waals surface area (Å²) in [7, 11) is 1.50. The summed E-state index contributed by atoms with van der Waals surface area (Å²) < 4.78 is 24.9. The number of carbonyl (C=O) groups excluding carboxylic acids is 3. The molecule has 2 saturated heterocycles. The Bertz CT molecular complexity index is 1070. The fraction of sp³-hybridized carbons (Fsp3) is 0.318. The molecule has 0 spiro atoms. The van der Waals surface area contributed by atoms with E-state index in [-0.39, 0.29) is 31.4 Å². The van der Waals surface area contributed by atoms with Crippen LogP contribution in [0.15, 0.2) is 42.5 Å². The van der Waals surface area contributed by atoms with E-state index in [2.05, 4.69) is 10.6 Å². The van der Waals surface area contributed by atoms with E-state index in [1.54, 1.807) is 24.3 Å². The number of urea groups is 1. The van der Waals surface area contributed by atoms with Crippen molar-refractivity contribution in [1.82, 2.24) is 4.90 Å². The lowest BCUT2D eigenvalue weighted by Crippen LogP contribution is -2.45. The summed E-state index contributed by atoms with van der Waals surface area (Å²) in [4.78, 5) is 40.2. The molecular formula is C22H22ClFN4O5. The maximum Gasteiger partial charge on any atom is 0.414 e. The Hall–Kier alpha value is -3.37. The molecule has 0 aromatic heterocycles. The predicted molar refractivity (Wildman–Crippen MR) is 120 cm³/mol. The third-order valence-electron chi connectivity index (χ3n) is 5.54. The second-order valence-corrected chi connectivity index (χ2v) is 8.05. The standard InChI is InChI=1S/C22H22ClFN4O5/c1-32-16-11-19(28(12-16)21(30)25-14-4-2-13(23)3-5-14)20(29)26-18-7-6-15(10-17(18)24)27-8-9-33-22(27)31/h2-7,10,16,19H,8-9,11-12H2,1H3,(H,25,30)(H,26,29). The van der Waals surface area contributed by atoms with Gasteiger partial charge in [-0.1, -0.05) is 11.6 Å². The van der Waals surface area contributed by atoms with Crippen molar-refractivity contribution in [2.75, 3.05) is 42.3 Å². The van der Waals surface area contributed by atoms with E-state index in [4.69, 9.17) is 21.1 Å². The van der Waals surface area contributed by atoms with Crippen LogP contribution in [-0.4, -0.2) is 61.9 Å². The maximum absolute atomic E-state index is 14.7. The molecule has 2 aliphatic rings. The Balaban J connectivity index is 1.46. The summed E-state index contributed by atoms with van der Waals surface area (Å²) in [5.74, 6) is -1.26. The number of nitrogens with zero attached hydrogens (tertiary/aromatic N) is 2. The van der Waals surface area contributed by atoms with Crippen molar-refractivity contribution in [3.8, 4) is 0 Å². The van der Waals surface area contributed by atoms with E-state index in [1.807, 2.05) is 0 Å². The van der Waals surface area contributed by atoms with Gasteiger partial charge in [-0.2, -0.15) is 0 Å². The van der Waals surface area contributed by atoms with E-state index >= 15 is 0 Å². The summed E-state index contributed by atoms with van der Waals surface area (Å²) in [5.41, 5.74) is 0.791. The lowest BCUT2D eigenvalue weighted by Gasteiger charge is -2.24. The second-order valence-electron chi connectivity index (χ2n) is 7.62. The maximum atomic E-state index is 14.7. The van der Waals surface area contributed by atoms with Crippen LogP contribution in [0.1, 0.15) is 6.42 Å². The normalized spacial score (nSPS) is 20.0. The van der Waals surface area contributed by atoms with Crippen molar-refractivity contribution in [2.45, 2.75) is 18.6 Å². The lowest BCUT2D eigenvalue weighted by atomic mass is 10.1. The first kappa shape index (κ1) is 22.8. The molecule has 0 saturated carbocycles. The third-order valence-corrected chi connectivity index (χ3v) is 5.79. The minimum atomic E-state index is -0.866. The minimum absolute atomic E-state index is 0.0600. The number of hydrogen-bond donors (Lipinski definition) is 2. The Kier molecular flexibility index (Phi) is 6.66. The molecule has 0 radical (unpaired) electrons. The van der Waals surface area contributed by atoms with Gasteiger partial charge in [0.1, 0.15) is 18.5 Å². The first-order valence-electron chi connectivity index (χ1n) is 10.3. The highest BCUT2D eigenvalue weighted by molar-refractivity contribution is 6.30. The van der Waals surface area contributed by atoms with E-state index in [1.165, 1.54) is 29.0 Å². The molecule has 2 unspecified atom stereocenters. The number of anilines is 3. The molecule has 0 aliphatic carbocycles. The van der Waals surface area contributed by atoms with Crippen LogP contribution in [0.2, 0.25) is 5.02 Å². The molecule has 4 rings (SSSR count). The highest BCUT2D eigenvalue weighted by atomic mass is 35.5. The van der Waals surface area contributed by atoms with E-state index in [0.717, 1.165) is 6.07 Å². The van der Waals surface area contributed by atoms with Gasteiger partial charge in [-0.05, 0) is 42.5 Å². The molecule has 2 heterocycles. The Labute approximate surface area is 194 Å². The number of carbonyl (C=O) groups is 3. The van der Waals surface area contributed by atoms with Gasteiger partial charge in [-0.3, -0.25) is 9.69 Å². The van der Waals surface area contributed by atoms with Crippen molar-refractivity contribution >= 4 is 46.7 Å². The summed E-state index contributed by atoms with van der Waals surface area (Å²) in [6.07, 6.45) is -0.634. The van der Waals surface area contributed by atoms with Crippen molar-refractivity contribution in [2.24, 2.45) is 0 Å². The molecule has 0 bridgehead atoms. The van der Waals surface area contributed by atoms with Crippen LogP contribution in [0.25, 0.3) is 0 Å². The average Bonchev–Trinajstić information content (AvgIpc) is 3.43. The van der Waals surface area contributed by atoms with Crippen molar-refractivity contribution in [1.29, 1.82) is 0 Å². The lowest BCUT2D eigenvalue weighted by molar-refractivity contribution is -0.119. The van der Waals surface area contributed by atoms with E-state index in [0.29, 0.717) is 22.9 Å². The van der Waals surface area contributed by atoms with E-state index < -0.39 is 29.9 Å². The molecule has 9 nitrogen and oxygen atoms in total. The van der Waals surface area contributed by atoms with Gasteiger partial charge in [-0.25, -0.2) is 14.0 Å². The SMILES string of the molecule is COC1CC(C(=O)Nc2ccc(N3CCOC3=O)cc2F)N(C(=O)Nc2ccc(Cl)cc2)C1. The van der Waals surface area contributed by atoms with Crippen LogP contribution < -0.4 is 15.5 Å². The molecule has 2 atom stereocenters. The zero-order chi connectivity index (χ0) is 23.5. The highest BCUT2D eigenvalue weighted by Gasteiger charge is 2.40.